The van der Waals surface area contributed by atoms with Crippen LogP contribution in [0.1, 0.15) is 37.5 Å². The molecule has 0 aromatic heterocycles. The van der Waals surface area contributed by atoms with Gasteiger partial charge in [0.15, 0.2) is 6.29 Å². The SMILES string of the molecule is CC(=O)OCc1cc(CC2=CC(C)C(O)C(COC(C)O)=C2)cc(C)c1O. The molecule has 3 N–H and O–H groups in total. The van der Waals surface area contributed by atoms with E-state index in [0.717, 1.165) is 16.7 Å². The third-order valence-electron chi connectivity index (χ3n) is 4.50. The topological polar surface area (TPSA) is 96.2 Å². The van der Waals surface area contributed by atoms with Crippen LogP contribution in [0.3, 0.4) is 0 Å². The summed E-state index contributed by atoms with van der Waals surface area (Å²) in [5.41, 5.74) is 3.97. The van der Waals surface area contributed by atoms with Gasteiger partial charge in [0.1, 0.15) is 12.4 Å². The smallest absolute Gasteiger partial charge is 0.302 e. The highest BCUT2D eigenvalue weighted by Crippen LogP contribution is 2.29. The van der Waals surface area contributed by atoms with Crippen LogP contribution in [0.2, 0.25) is 0 Å². The first-order valence-electron chi connectivity index (χ1n) is 9.01. The van der Waals surface area contributed by atoms with Crippen molar-refractivity contribution in [1.29, 1.82) is 0 Å². The van der Waals surface area contributed by atoms with Crippen LogP contribution in [0.5, 0.6) is 5.75 Å². The molecule has 0 amide bonds. The number of hydrogen-bond acceptors (Lipinski definition) is 6. The van der Waals surface area contributed by atoms with Crippen LogP contribution in [0.4, 0.5) is 0 Å². The monoisotopic (exact) mass is 376 g/mol. The van der Waals surface area contributed by atoms with Crippen molar-refractivity contribution in [2.75, 3.05) is 6.61 Å². The standard InChI is InChI=1S/C21H28O6/c1-12-5-16(8-18(20(12)24)10-26-14(3)22)7-17-6-13(2)21(25)19(9-17)11-27-15(4)23/h5-6,8-9,12,14,20,22,24-25H,7,10-11H2,1-4H3. The minimum absolute atomic E-state index is 0.0212. The Bertz CT molecular complexity index is 747. The Balaban J connectivity index is 2.21. The highest BCUT2D eigenvalue weighted by atomic mass is 16.6. The minimum Gasteiger partial charge on any atom is -0.507 e. The molecule has 6 heteroatoms. The number of hydrogen-bond donors (Lipinski definition) is 3. The van der Waals surface area contributed by atoms with Crippen molar-refractivity contribution in [3.05, 3.63) is 52.1 Å². The third kappa shape index (κ3) is 5.92. The van der Waals surface area contributed by atoms with E-state index in [1.807, 2.05) is 31.2 Å². The van der Waals surface area contributed by atoms with E-state index in [1.165, 1.54) is 13.8 Å². The van der Waals surface area contributed by atoms with Gasteiger partial charge in [0.25, 0.3) is 0 Å². The van der Waals surface area contributed by atoms with Crippen LogP contribution in [0.25, 0.3) is 0 Å². The quantitative estimate of drug-likeness (QED) is 0.500. The lowest BCUT2D eigenvalue weighted by Gasteiger charge is -2.26. The maximum absolute atomic E-state index is 11.1. The molecule has 1 aromatic carbocycles. The number of esters is 1. The van der Waals surface area contributed by atoms with Gasteiger partial charge in [-0.1, -0.05) is 25.1 Å². The highest BCUT2D eigenvalue weighted by molar-refractivity contribution is 5.66. The van der Waals surface area contributed by atoms with Gasteiger partial charge in [0.05, 0.1) is 12.7 Å². The number of phenols is 1. The van der Waals surface area contributed by atoms with Crippen molar-refractivity contribution in [1.82, 2.24) is 0 Å². The Hall–Kier alpha value is -2.15. The molecule has 0 radical (unpaired) electrons. The predicted molar refractivity (Wildman–Crippen MR) is 101 cm³/mol. The summed E-state index contributed by atoms with van der Waals surface area (Å²) in [5.74, 6) is -0.347. The normalized spacial score (nSPS) is 20.7. The molecule has 1 aromatic rings. The maximum atomic E-state index is 11.1. The summed E-state index contributed by atoms with van der Waals surface area (Å²) < 4.78 is 10.2. The number of ether oxygens (including phenoxy) is 2. The van der Waals surface area contributed by atoms with Crippen molar-refractivity contribution >= 4 is 5.97 Å². The van der Waals surface area contributed by atoms with Crippen LogP contribution in [-0.4, -0.2) is 40.3 Å². The third-order valence-corrected chi connectivity index (χ3v) is 4.50. The van der Waals surface area contributed by atoms with Gasteiger partial charge in [-0.05, 0) is 48.6 Å². The minimum atomic E-state index is -0.897. The number of carbonyl (C=O) groups is 1. The number of benzene rings is 1. The first-order valence-corrected chi connectivity index (χ1v) is 9.01. The lowest BCUT2D eigenvalue weighted by Crippen LogP contribution is -2.26. The molecule has 27 heavy (non-hydrogen) atoms. The number of aromatic hydroxyl groups is 1. The molecule has 0 heterocycles. The van der Waals surface area contributed by atoms with Gasteiger partial charge in [0.2, 0.25) is 0 Å². The molecule has 3 unspecified atom stereocenters. The second-order valence-electron chi connectivity index (χ2n) is 7.05. The molecule has 0 aliphatic heterocycles. The van der Waals surface area contributed by atoms with E-state index < -0.39 is 18.4 Å². The number of aliphatic hydroxyl groups excluding tert-OH is 2. The van der Waals surface area contributed by atoms with Gasteiger partial charge in [-0.15, -0.1) is 0 Å². The van der Waals surface area contributed by atoms with Crippen molar-refractivity contribution in [2.24, 2.45) is 5.92 Å². The number of aliphatic hydroxyl groups is 2. The Morgan fingerprint density at radius 2 is 2.00 bits per heavy atom. The Morgan fingerprint density at radius 3 is 2.63 bits per heavy atom. The Kier molecular flexibility index (Phi) is 7.18. The number of phenolic OH excluding ortho intramolecular Hbond substituents is 1. The summed E-state index contributed by atoms with van der Waals surface area (Å²) in [6.45, 7) is 6.76. The number of allylic oxidation sites excluding steroid dienone is 2. The second kappa shape index (κ2) is 9.17. The highest BCUT2D eigenvalue weighted by Gasteiger charge is 2.23. The predicted octanol–water partition coefficient (Wildman–Crippen LogP) is 2.52. The molecule has 0 bridgehead atoms. The summed E-state index contributed by atoms with van der Waals surface area (Å²) in [6, 6.07) is 3.71. The molecule has 6 nitrogen and oxygen atoms in total. The van der Waals surface area contributed by atoms with E-state index in [9.17, 15) is 20.1 Å². The zero-order valence-corrected chi connectivity index (χ0v) is 16.2. The molecule has 148 valence electrons. The molecule has 0 saturated carbocycles. The lowest BCUT2D eigenvalue weighted by atomic mass is 9.86. The van der Waals surface area contributed by atoms with Gasteiger partial charge >= 0.3 is 5.97 Å². The molecule has 1 aliphatic carbocycles. The van der Waals surface area contributed by atoms with Gasteiger partial charge in [0, 0.05) is 18.4 Å². The van der Waals surface area contributed by atoms with E-state index in [2.05, 4.69) is 0 Å². The van der Waals surface area contributed by atoms with E-state index in [4.69, 9.17) is 9.47 Å². The van der Waals surface area contributed by atoms with Crippen molar-refractivity contribution in [2.45, 2.75) is 53.1 Å². The fourth-order valence-electron chi connectivity index (χ4n) is 3.15. The van der Waals surface area contributed by atoms with Gasteiger partial charge in [-0.25, -0.2) is 0 Å². The van der Waals surface area contributed by atoms with Gasteiger partial charge in [-0.2, -0.15) is 0 Å². The van der Waals surface area contributed by atoms with Gasteiger partial charge in [-0.3, -0.25) is 4.79 Å². The van der Waals surface area contributed by atoms with Crippen LogP contribution < -0.4 is 0 Å². The van der Waals surface area contributed by atoms with E-state index >= 15 is 0 Å². The number of aryl methyl sites for hydroxylation is 1. The summed E-state index contributed by atoms with van der Waals surface area (Å²) >= 11 is 0. The van der Waals surface area contributed by atoms with Crippen LogP contribution >= 0.6 is 0 Å². The van der Waals surface area contributed by atoms with Crippen molar-refractivity contribution in [3.63, 3.8) is 0 Å². The van der Waals surface area contributed by atoms with Crippen LogP contribution in [0, 0.1) is 12.8 Å². The number of rotatable bonds is 7. The fraction of sp³-hybridized carbons (Fsp3) is 0.476. The lowest BCUT2D eigenvalue weighted by molar-refractivity contribution is -0.142. The molecule has 1 aliphatic rings. The summed E-state index contributed by atoms with van der Waals surface area (Å²) in [6.07, 6.45) is 2.95. The van der Waals surface area contributed by atoms with E-state index in [-0.39, 0.29) is 24.9 Å². The second-order valence-corrected chi connectivity index (χ2v) is 7.05. The average molecular weight is 376 g/mol. The Morgan fingerprint density at radius 1 is 1.30 bits per heavy atom. The fourth-order valence-corrected chi connectivity index (χ4v) is 3.15. The molecule has 2 rings (SSSR count). The number of carbonyl (C=O) groups excluding carboxylic acids is 1. The Labute approximate surface area is 159 Å². The first kappa shape index (κ1) is 21.2. The first-order chi connectivity index (χ1) is 12.7. The molecule has 0 fully saturated rings. The van der Waals surface area contributed by atoms with E-state index in [0.29, 0.717) is 17.5 Å². The van der Waals surface area contributed by atoms with Gasteiger partial charge < -0.3 is 24.8 Å². The van der Waals surface area contributed by atoms with Crippen LogP contribution in [0.15, 0.2) is 35.4 Å². The summed E-state index contributed by atoms with van der Waals surface area (Å²) in [7, 11) is 0. The molecule has 3 atom stereocenters. The maximum Gasteiger partial charge on any atom is 0.302 e. The largest absolute Gasteiger partial charge is 0.507 e. The zero-order chi connectivity index (χ0) is 20.1. The van der Waals surface area contributed by atoms with Crippen LogP contribution in [-0.2, 0) is 27.3 Å². The zero-order valence-electron chi connectivity index (χ0n) is 16.2. The average Bonchev–Trinajstić information content (AvgIpc) is 2.58. The molecular formula is C21H28O6. The van der Waals surface area contributed by atoms with Crippen molar-refractivity contribution < 1.29 is 29.6 Å². The molecular weight excluding hydrogens is 348 g/mol. The summed E-state index contributed by atoms with van der Waals surface area (Å²) in [4.78, 5) is 11.1. The molecule has 0 spiro atoms. The molecule has 0 saturated heterocycles. The summed E-state index contributed by atoms with van der Waals surface area (Å²) in [5, 5.41) is 29.8. The van der Waals surface area contributed by atoms with Crippen molar-refractivity contribution in [3.8, 4) is 5.75 Å². The van der Waals surface area contributed by atoms with E-state index in [1.54, 1.807) is 6.92 Å².